The van der Waals surface area contributed by atoms with Gasteiger partial charge in [0, 0.05) is 58.4 Å². The number of fused-ring (bicyclic) bond motifs is 10. The Morgan fingerprint density at radius 3 is 1.52 bits per heavy atom. The zero-order chi connectivity index (χ0) is 47.3. The van der Waals surface area contributed by atoms with Gasteiger partial charge in [-0.1, -0.05) is 126 Å². The van der Waals surface area contributed by atoms with E-state index in [9.17, 15) is 0 Å². The second-order valence-corrected chi connectivity index (χ2v) is 25.5. The van der Waals surface area contributed by atoms with Crippen molar-refractivity contribution in [3.05, 3.63) is 136 Å². The zero-order valence-corrected chi connectivity index (χ0v) is 41.0. The lowest BCUT2D eigenvalue weighted by atomic mass is 9.33. The predicted molar refractivity (Wildman–Crippen MR) is 279 cm³/mol. The number of hydrogen-bond donors (Lipinski definition) is 0. The molecule has 2 aliphatic heterocycles. The van der Waals surface area contributed by atoms with Crippen molar-refractivity contribution >= 4 is 88.7 Å². The van der Waals surface area contributed by atoms with Crippen molar-refractivity contribution < 1.29 is 4.11 Å². The van der Waals surface area contributed by atoms with Crippen LogP contribution in [0.1, 0.15) is 158 Å². The van der Waals surface area contributed by atoms with Crippen molar-refractivity contribution in [2.24, 2.45) is 0 Å². The molecule has 0 saturated heterocycles. The highest BCUT2D eigenvalue weighted by atomic mass is 32.1. The van der Waals surface area contributed by atoms with Crippen LogP contribution in [-0.4, -0.2) is 6.71 Å². The van der Waals surface area contributed by atoms with Gasteiger partial charge in [0.25, 0.3) is 6.71 Å². The molecule has 0 radical (unpaired) electrons. The molecule has 0 atom stereocenters. The Morgan fingerprint density at radius 1 is 0.453 bits per heavy atom. The van der Waals surface area contributed by atoms with Crippen LogP contribution >= 0.6 is 11.3 Å². The summed E-state index contributed by atoms with van der Waals surface area (Å²) in [4.78, 5) is 4.95. The van der Waals surface area contributed by atoms with Crippen LogP contribution in [0.25, 0.3) is 20.2 Å². The lowest BCUT2D eigenvalue weighted by Gasteiger charge is -2.48. The molecule has 5 aliphatic rings. The van der Waals surface area contributed by atoms with E-state index in [1.54, 1.807) is 0 Å². The summed E-state index contributed by atoms with van der Waals surface area (Å²) in [5.74, 6) is 0. The van der Waals surface area contributed by atoms with Crippen LogP contribution in [0.15, 0.2) is 97.1 Å². The lowest BCUT2D eigenvalue weighted by Crippen LogP contribution is -2.62. The minimum Gasteiger partial charge on any atom is -0.311 e. The van der Waals surface area contributed by atoms with Gasteiger partial charge in [0.1, 0.15) is 0 Å². The molecule has 2 nitrogen and oxygen atoms in total. The van der Waals surface area contributed by atoms with Gasteiger partial charge in [-0.25, -0.2) is 0 Å². The van der Waals surface area contributed by atoms with Gasteiger partial charge in [-0.15, -0.1) is 11.3 Å². The summed E-state index contributed by atoms with van der Waals surface area (Å²) >= 11 is 1.84. The Morgan fingerprint density at radius 2 is 0.922 bits per heavy atom. The maximum Gasteiger partial charge on any atom is 0.252 e. The monoisotopic (exact) mass is 860 g/mol. The number of aryl methyl sites for hydroxylation is 1. The summed E-state index contributed by atoms with van der Waals surface area (Å²) in [6, 6.07) is 37.2. The number of nitrogens with zero attached hydrogens (tertiary/aromatic N) is 2. The number of rotatable bonds is 2. The van der Waals surface area contributed by atoms with E-state index in [2.05, 4.69) is 178 Å². The maximum atomic E-state index is 9.17. The highest BCUT2D eigenvalue weighted by Crippen LogP contribution is 2.55. The Hall–Kier alpha value is -4.80. The van der Waals surface area contributed by atoms with Gasteiger partial charge in [-0.05, 0) is 181 Å². The fourth-order valence-corrected chi connectivity index (χ4v) is 14.8. The van der Waals surface area contributed by atoms with E-state index in [1.165, 1.54) is 75.6 Å². The average Bonchev–Trinajstić information content (AvgIpc) is 3.71. The van der Waals surface area contributed by atoms with Gasteiger partial charge < -0.3 is 9.80 Å². The normalized spacial score (nSPS) is 21.8. The van der Waals surface area contributed by atoms with E-state index in [1.807, 2.05) is 23.5 Å². The number of anilines is 6. The number of hydrogen-bond acceptors (Lipinski definition) is 3. The maximum absolute atomic E-state index is 9.17. The van der Waals surface area contributed by atoms with Crippen molar-refractivity contribution in [2.75, 3.05) is 9.80 Å². The molecule has 324 valence electrons. The molecule has 0 N–H and O–H groups in total. The van der Waals surface area contributed by atoms with E-state index in [-0.39, 0.29) is 39.2 Å². The molecule has 3 heterocycles. The van der Waals surface area contributed by atoms with E-state index in [0.717, 1.165) is 60.5 Å². The van der Waals surface area contributed by atoms with E-state index in [4.69, 9.17) is 4.11 Å². The van der Waals surface area contributed by atoms with Crippen molar-refractivity contribution in [1.82, 2.24) is 0 Å². The third-order valence-electron chi connectivity index (χ3n) is 17.2. The molecule has 0 saturated carbocycles. The predicted octanol–water partition coefficient (Wildman–Crippen LogP) is 15.1. The Balaban J connectivity index is 1.23. The van der Waals surface area contributed by atoms with Crippen molar-refractivity contribution in [2.45, 2.75) is 155 Å². The van der Waals surface area contributed by atoms with Crippen LogP contribution in [0.2, 0.25) is 0 Å². The van der Waals surface area contributed by atoms with Crippen LogP contribution in [0.4, 0.5) is 34.1 Å². The molecule has 3 aliphatic carbocycles. The van der Waals surface area contributed by atoms with Gasteiger partial charge in [0.2, 0.25) is 0 Å². The molecule has 1 aromatic heterocycles. The largest absolute Gasteiger partial charge is 0.311 e. The van der Waals surface area contributed by atoms with Gasteiger partial charge in [-0.3, -0.25) is 0 Å². The second-order valence-electron chi connectivity index (χ2n) is 24.4. The summed E-state index contributed by atoms with van der Waals surface area (Å²) in [5, 5.41) is 2.53. The molecule has 0 unspecified atom stereocenters. The van der Waals surface area contributed by atoms with Gasteiger partial charge in [-0.2, -0.15) is 0 Å². The van der Waals surface area contributed by atoms with Gasteiger partial charge in [0.05, 0.1) is 0 Å². The standard InChI is InChI=1S/C60H65BN2S/c1-35-26-50-54-51(27-35)63(37-18-20-39-38-16-14-15-17-52(38)64-53(39)29-37)49-33-45-43(59(10,11)34-60(45,12)13)31-47(49)61(54)46-30-42-44(58(8,9)25-24-57(42,6)7)32-48(46)62(50)36-19-21-40-41(28-36)56(4,5)23-22-55(40,2)3/h14-21,26-33H,22-25,34H2,1-13H3/i1D3. The summed E-state index contributed by atoms with van der Waals surface area (Å²) in [5.41, 5.74) is 19.1. The molecular formula is C60H65BN2S. The van der Waals surface area contributed by atoms with E-state index >= 15 is 0 Å². The topological polar surface area (TPSA) is 6.48 Å². The van der Waals surface area contributed by atoms with E-state index < -0.39 is 6.85 Å². The molecule has 0 bridgehead atoms. The molecule has 0 fully saturated rings. The van der Waals surface area contributed by atoms with Gasteiger partial charge in [0.15, 0.2) is 0 Å². The van der Waals surface area contributed by atoms with Crippen LogP contribution < -0.4 is 26.2 Å². The van der Waals surface area contributed by atoms with Crippen LogP contribution in [0.3, 0.4) is 0 Å². The van der Waals surface area contributed by atoms with Gasteiger partial charge >= 0.3 is 0 Å². The molecule has 7 aromatic rings. The molecule has 6 aromatic carbocycles. The van der Waals surface area contributed by atoms with Crippen LogP contribution in [-0.2, 0) is 32.5 Å². The smallest absolute Gasteiger partial charge is 0.252 e. The zero-order valence-electron chi connectivity index (χ0n) is 43.2. The van der Waals surface area contributed by atoms with Crippen LogP contribution in [0.5, 0.6) is 0 Å². The molecule has 0 spiro atoms. The third kappa shape index (κ3) is 5.56. The summed E-state index contributed by atoms with van der Waals surface area (Å²) < 4.78 is 30.0. The lowest BCUT2D eigenvalue weighted by molar-refractivity contribution is 0.332. The first-order chi connectivity index (χ1) is 31.3. The molecule has 4 heteroatoms. The molecule has 0 amide bonds. The van der Waals surface area contributed by atoms with Crippen molar-refractivity contribution in [1.29, 1.82) is 0 Å². The summed E-state index contributed by atoms with van der Waals surface area (Å²) in [7, 11) is 0. The van der Waals surface area contributed by atoms with Crippen molar-refractivity contribution in [3.63, 3.8) is 0 Å². The fourth-order valence-electron chi connectivity index (χ4n) is 13.6. The molecular weight excluding hydrogens is 792 g/mol. The molecule has 12 rings (SSSR count). The average molecular weight is 860 g/mol. The van der Waals surface area contributed by atoms with E-state index in [0.29, 0.717) is 5.56 Å². The SMILES string of the molecule is [2H]C([2H])([2H])c1cc2c3c(c1)N(c1ccc4c(c1)sc1ccccc14)c1cc4c(cc1B3c1cc3c(cc1N2c1ccc2c(c1)C(C)(C)CCC2(C)C)C(C)(C)CCC3(C)C)C(C)(C)CC4(C)C. The first-order valence-electron chi connectivity index (χ1n) is 25.5. The highest BCUT2D eigenvalue weighted by molar-refractivity contribution is 7.25. The second kappa shape index (κ2) is 12.8. The number of benzene rings is 6. The minimum atomic E-state index is -2.35. The fraction of sp³-hybridized carbons (Fsp3) is 0.400. The summed E-state index contributed by atoms with van der Waals surface area (Å²) in [6.45, 7) is 26.6. The Bertz CT molecular complexity index is 3310. The summed E-state index contributed by atoms with van der Waals surface area (Å²) in [6.07, 6.45) is 5.56. The van der Waals surface area contributed by atoms with Crippen LogP contribution in [0, 0.1) is 6.85 Å². The number of thiophene rings is 1. The molecule has 64 heavy (non-hydrogen) atoms. The quantitative estimate of drug-likeness (QED) is 0.160. The highest BCUT2D eigenvalue weighted by Gasteiger charge is 2.50. The minimum absolute atomic E-state index is 0.00644. The Kier molecular flexibility index (Phi) is 7.46. The first-order valence-corrected chi connectivity index (χ1v) is 24.8. The third-order valence-corrected chi connectivity index (χ3v) is 18.4. The first kappa shape index (κ1) is 37.4. The van der Waals surface area contributed by atoms with Crippen molar-refractivity contribution in [3.8, 4) is 0 Å². The Labute approximate surface area is 391 Å².